The van der Waals surface area contributed by atoms with E-state index in [1.807, 2.05) is 19.1 Å². The van der Waals surface area contributed by atoms with E-state index in [0.717, 1.165) is 18.5 Å². The number of benzene rings is 1. The minimum absolute atomic E-state index is 0.126. The summed E-state index contributed by atoms with van der Waals surface area (Å²) < 4.78 is 5.77. The molecule has 4 nitrogen and oxygen atoms in total. The summed E-state index contributed by atoms with van der Waals surface area (Å²) in [4.78, 5) is 15.7. The molecule has 1 aliphatic carbocycles. The van der Waals surface area contributed by atoms with E-state index >= 15 is 0 Å². The van der Waals surface area contributed by atoms with Crippen LogP contribution >= 0.6 is 0 Å². The fraction of sp³-hybridized carbons (Fsp3) is 0.294. The number of hydrogen-bond donors (Lipinski definition) is 1. The van der Waals surface area contributed by atoms with Gasteiger partial charge in [-0.2, -0.15) is 0 Å². The SMILES string of the molecule is Cc1cc(C)c(C(=O)O)c(Oc2ccc3c(c2)CCC3)n1. The van der Waals surface area contributed by atoms with E-state index in [1.165, 1.54) is 17.5 Å². The predicted molar refractivity (Wildman–Crippen MR) is 79.2 cm³/mol. The second-order valence-electron chi connectivity index (χ2n) is 5.45. The molecule has 1 aromatic carbocycles. The molecule has 0 spiro atoms. The molecule has 3 rings (SSSR count). The molecule has 1 N–H and O–H groups in total. The van der Waals surface area contributed by atoms with E-state index in [1.54, 1.807) is 13.0 Å². The number of aromatic carboxylic acids is 1. The first-order valence-corrected chi connectivity index (χ1v) is 7.06. The number of pyridine rings is 1. The van der Waals surface area contributed by atoms with Gasteiger partial charge < -0.3 is 9.84 Å². The van der Waals surface area contributed by atoms with Crippen molar-refractivity contribution in [3.63, 3.8) is 0 Å². The van der Waals surface area contributed by atoms with E-state index in [9.17, 15) is 9.90 Å². The van der Waals surface area contributed by atoms with Gasteiger partial charge in [0, 0.05) is 5.69 Å². The van der Waals surface area contributed by atoms with E-state index < -0.39 is 5.97 Å². The first-order valence-electron chi connectivity index (χ1n) is 7.06. The normalized spacial score (nSPS) is 13.0. The lowest BCUT2D eigenvalue weighted by molar-refractivity contribution is 0.0692. The maximum Gasteiger partial charge on any atom is 0.341 e. The lowest BCUT2D eigenvalue weighted by atomic mass is 10.1. The number of hydrogen-bond acceptors (Lipinski definition) is 3. The van der Waals surface area contributed by atoms with E-state index in [0.29, 0.717) is 11.3 Å². The van der Waals surface area contributed by atoms with Crippen LogP contribution in [-0.2, 0) is 12.8 Å². The van der Waals surface area contributed by atoms with Crippen molar-refractivity contribution in [3.8, 4) is 11.6 Å². The first-order chi connectivity index (χ1) is 10.0. The molecule has 108 valence electrons. The first kappa shape index (κ1) is 13.6. The Kier molecular flexibility index (Phi) is 3.37. The van der Waals surface area contributed by atoms with Gasteiger partial charge in [-0.05, 0) is 68.0 Å². The van der Waals surface area contributed by atoms with Gasteiger partial charge in [0.25, 0.3) is 0 Å². The minimum Gasteiger partial charge on any atom is -0.477 e. The number of aryl methyl sites for hydroxylation is 4. The molecule has 2 aromatic rings. The zero-order valence-corrected chi connectivity index (χ0v) is 12.1. The molecule has 4 heteroatoms. The van der Waals surface area contributed by atoms with Crippen molar-refractivity contribution in [2.45, 2.75) is 33.1 Å². The largest absolute Gasteiger partial charge is 0.477 e. The predicted octanol–water partition coefficient (Wildman–Crippen LogP) is 3.68. The number of carbonyl (C=O) groups is 1. The summed E-state index contributed by atoms with van der Waals surface area (Å²) in [5.41, 5.74) is 4.17. The van der Waals surface area contributed by atoms with Crippen LogP contribution in [0.1, 0.15) is 39.2 Å². The van der Waals surface area contributed by atoms with Crippen LogP contribution < -0.4 is 4.74 Å². The lowest BCUT2D eigenvalue weighted by Gasteiger charge is -2.12. The zero-order valence-electron chi connectivity index (χ0n) is 12.1. The molecular weight excluding hydrogens is 266 g/mol. The third-order valence-electron chi connectivity index (χ3n) is 3.81. The summed E-state index contributed by atoms with van der Waals surface area (Å²) in [5, 5.41) is 9.35. The van der Waals surface area contributed by atoms with Gasteiger partial charge >= 0.3 is 5.97 Å². The maximum absolute atomic E-state index is 11.4. The highest BCUT2D eigenvalue weighted by molar-refractivity contribution is 5.92. The van der Waals surface area contributed by atoms with Crippen molar-refractivity contribution in [2.24, 2.45) is 0 Å². The number of fused-ring (bicyclic) bond motifs is 1. The van der Waals surface area contributed by atoms with Gasteiger partial charge in [-0.3, -0.25) is 0 Å². The Hall–Kier alpha value is -2.36. The summed E-state index contributed by atoms with van der Waals surface area (Å²) in [5.74, 6) is -0.204. The van der Waals surface area contributed by atoms with Crippen molar-refractivity contribution in [2.75, 3.05) is 0 Å². The highest BCUT2D eigenvalue weighted by Gasteiger charge is 2.18. The molecule has 0 unspecified atom stereocenters. The van der Waals surface area contributed by atoms with Crippen molar-refractivity contribution < 1.29 is 14.6 Å². The highest BCUT2D eigenvalue weighted by Crippen LogP contribution is 2.30. The third kappa shape index (κ3) is 2.61. The molecule has 0 amide bonds. The van der Waals surface area contributed by atoms with Crippen LogP contribution in [0.15, 0.2) is 24.3 Å². The Balaban J connectivity index is 1.99. The molecule has 0 saturated carbocycles. The number of nitrogens with zero attached hydrogens (tertiary/aromatic N) is 1. The Morgan fingerprint density at radius 2 is 1.95 bits per heavy atom. The highest BCUT2D eigenvalue weighted by atomic mass is 16.5. The van der Waals surface area contributed by atoms with Gasteiger partial charge in [-0.15, -0.1) is 0 Å². The zero-order chi connectivity index (χ0) is 15.0. The van der Waals surface area contributed by atoms with Gasteiger partial charge in [0.15, 0.2) is 0 Å². The molecule has 1 heterocycles. The van der Waals surface area contributed by atoms with Crippen molar-refractivity contribution in [1.82, 2.24) is 4.98 Å². The van der Waals surface area contributed by atoms with Crippen molar-refractivity contribution >= 4 is 5.97 Å². The average Bonchev–Trinajstić information content (AvgIpc) is 2.84. The Morgan fingerprint density at radius 3 is 2.71 bits per heavy atom. The topological polar surface area (TPSA) is 59.4 Å². The standard InChI is InChI=1S/C17H17NO3/c1-10-8-11(2)18-16(15(10)17(19)20)21-14-7-6-12-4-3-5-13(12)9-14/h6-9H,3-5H2,1-2H3,(H,19,20). The molecule has 0 radical (unpaired) electrons. The second-order valence-corrected chi connectivity index (χ2v) is 5.45. The molecule has 0 saturated heterocycles. The van der Waals surface area contributed by atoms with Crippen LogP contribution in [0.3, 0.4) is 0 Å². The van der Waals surface area contributed by atoms with Gasteiger partial charge in [0.2, 0.25) is 5.88 Å². The van der Waals surface area contributed by atoms with Gasteiger partial charge in [0.05, 0.1) is 0 Å². The lowest BCUT2D eigenvalue weighted by Crippen LogP contribution is -2.06. The van der Waals surface area contributed by atoms with Crippen LogP contribution in [-0.4, -0.2) is 16.1 Å². The monoisotopic (exact) mass is 283 g/mol. The Bertz CT molecular complexity index is 722. The Morgan fingerprint density at radius 1 is 1.19 bits per heavy atom. The van der Waals surface area contributed by atoms with Crippen LogP contribution in [0.25, 0.3) is 0 Å². The third-order valence-corrected chi connectivity index (χ3v) is 3.81. The van der Waals surface area contributed by atoms with E-state index in [2.05, 4.69) is 11.1 Å². The number of aromatic nitrogens is 1. The van der Waals surface area contributed by atoms with Gasteiger partial charge in [-0.1, -0.05) is 6.07 Å². The van der Waals surface area contributed by atoms with Crippen LogP contribution in [0.4, 0.5) is 0 Å². The fourth-order valence-electron chi connectivity index (χ4n) is 2.86. The number of rotatable bonds is 3. The fourth-order valence-corrected chi connectivity index (χ4v) is 2.86. The molecule has 0 aliphatic heterocycles. The summed E-state index contributed by atoms with van der Waals surface area (Å²) in [7, 11) is 0. The number of carboxylic acid groups (broad SMARTS) is 1. The Labute approximate surface area is 123 Å². The summed E-state index contributed by atoms with van der Waals surface area (Å²) in [6, 6.07) is 7.68. The van der Waals surface area contributed by atoms with Gasteiger partial charge in [-0.25, -0.2) is 9.78 Å². The summed E-state index contributed by atoms with van der Waals surface area (Å²) in [6.45, 7) is 3.59. The quantitative estimate of drug-likeness (QED) is 0.933. The van der Waals surface area contributed by atoms with Crippen LogP contribution in [0, 0.1) is 13.8 Å². The minimum atomic E-state index is -1.02. The molecule has 0 bridgehead atoms. The molecular formula is C17H17NO3. The van der Waals surface area contributed by atoms with Crippen molar-refractivity contribution in [1.29, 1.82) is 0 Å². The molecule has 21 heavy (non-hydrogen) atoms. The smallest absolute Gasteiger partial charge is 0.341 e. The number of carboxylic acids is 1. The summed E-state index contributed by atoms with van der Waals surface area (Å²) >= 11 is 0. The molecule has 1 aliphatic rings. The molecule has 0 fully saturated rings. The maximum atomic E-state index is 11.4. The van der Waals surface area contributed by atoms with E-state index in [4.69, 9.17) is 4.74 Å². The number of ether oxygens (including phenoxy) is 1. The van der Waals surface area contributed by atoms with E-state index in [-0.39, 0.29) is 11.4 Å². The van der Waals surface area contributed by atoms with Crippen LogP contribution in [0.2, 0.25) is 0 Å². The molecule has 1 aromatic heterocycles. The van der Waals surface area contributed by atoms with Crippen molar-refractivity contribution in [3.05, 3.63) is 52.2 Å². The second kappa shape index (κ2) is 5.20. The molecule has 0 atom stereocenters. The summed E-state index contributed by atoms with van der Waals surface area (Å²) in [6.07, 6.45) is 3.33. The van der Waals surface area contributed by atoms with Gasteiger partial charge in [0.1, 0.15) is 11.3 Å². The van der Waals surface area contributed by atoms with Crippen LogP contribution in [0.5, 0.6) is 11.6 Å². The average molecular weight is 283 g/mol.